The highest BCUT2D eigenvalue weighted by atomic mass is 35.5. The van der Waals surface area contributed by atoms with E-state index >= 15 is 0 Å². The Bertz CT molecular complexity index is 365. The van der Waals surface area contributed by atoms with E-state index < -0.39 is 0 Å². The van der Waals surface area contributed by atoms with Crippen LogP contribution in [0.2, 0.25) is 5.02 Å². The summed E-state index contributed by atoms with van der Waals surface area (Å²) in [6.45, 7) is 2.69. The lowest BCUT2D eigenvalue weighted by Crippen LogP contribution is -2.15. The largest absolute Gasteiger partial charge is 0.460 e. The van der Waals surface area contributed by atoms with Crippen LogP contribution in [0.5, 0.6) is 0 Å². The van der Waals surface area contributed by atoms with Gasteiger partial charge in [0.05, 0.1) is 6.54 Å². The molecule has 0 bridgehead atoms. The summed E-state index contributed by atoms with van der Waals surface area (Å²) in [6, 6.07) is 8.02. The van der Waals surface area contributed by atoms with Crippen LogP contribution in [-0.2, 0) is 4.74 Å². The van der Waals surface area contributed by atoms with Gasteiger partial charge < -0.3 is 10.1 Å². The number of benzene rings is 1. The highest BCUT2D eigenvalue weighted by molar-refractivity contribution is 6.30. The third-order valence-corrected chi connectivity index (χ3v) is 2.12. The molecule has 0 radical (unpaired) electrons. The van der Waals surface area contributed by atoms with Crippen LogP contribution in [0.4, 0.5) is 5.69 Å². The van der Waals surface area contributed by atoms with E-state index in [1.54, 1.807) is 0 Å². The lowest BCUT2D eigenvalue weighted by molar-refractivity contribution is 0.245. The van der Waals surface area contributed by atoms with Crippen molar-refractivity contribution in [3.8, 4) is 0 Å². The second-order valence-electron chi connectivity index (χ2n) is 3.21. The first-order valence-electron chi connectivity index (χ1n) is 4.48. The Morgan fingerprint density at radius 2 is 2.43 bits per heavy atom. The molecule has 0 saturated carbocycles. The van der Waals surface area contributed by atoms with Gasteiger partial charge in [0.25, 0.3) is 6.02 Å². The third kappa shape index (κ3) is 2.17. The molecular weight excluding hydrogens is 200 g/mol. The Morgan fingerprint density at radius 1 is 1.57 bits per heavy atom. The summed E-state index contributed by atoms with van der Waals surface area (Å²) in [7, 11) is 0. The van der Waals surface area contributed by atoms with Gasteiger partial charge >= 0.3 is 0 Å². The van der Waals surface area contributed by atoms with Gasteiger partial charge in [-0.15, -0.1) is 0 Å². The van der Waals surface area contributed by atoms with E-state index in [9.17, 15) is 0 Å². The monoisotopic (exact) mass is 210 g/mol. The summed E-state index contributed by atoms with van der Waals surface area (Å²) >= 11 is 5.84. The number of nitrogens with one attached hydrogen (secondary N) is 1. The highest BCUT2D eigenvalue weighted by Gasteiger charge is 2.14. The van der Waals surface area contributed by atoms with Crippen molar-refractivity contribution in [1.82, 2.24) is 0 Å². The summed E-state index contributed by atoms with van der Waals surface area (Å²) in [5.41, 5.74) is 0.894. The molecule has 1 aromatic carbocycles. The van der Waals surface area contributed by atoms with E-state index in [1.807, 2.05) is 31.2 Å². The fourth-order valence-electron chi connectivity index (χ4n) is 1.24. The molecule has 1 aliphatic rings. The predicted molar refractivity (Wildman–Crippen MR) is 57.9 cm³/mol. The summed E-state index contributed by atoms with van der Waals surface area (Å²) in [6.07, 6.45) is 0.164. The zero-order chi connectivity index (χ0) is 9.97. The van der Waals surface area contributed by atoms with E-state index in [0.717, 1.165) is 5.69 Å². The minimum absolute atomic E-state index is 0.164. The molecular formula is C10H11ClN2O. The van der Waals surface area contributed by atoms with Gasteiger partial charge in [-0.3, -0.25) is 0 Å². The molecule has 2 rings (SSSR count). The molecule has 1 heterocycles. The van der Waals surface area contributed by atoms with Crippen molar-refractivity contribution in [1.29, 1.82) is 0 Å². The number of anilines is 1. The van der Waals surface area contributed by atoms with E-state index in [-0.39, 0.29) is 6.10 Å². The first-order chi connectivity index (χ1) is 6.74. The van der Waals surface area contributed by atoms with E-state index in [0.29, 0.717) is 17.6 Å². The number of hydrogen-bond acceptors (Lipinski definition) is 3. The number of halogens is 1. The van der Waals surface area contributed by atoms with Crippen LogP contribution < -0.4 is 5.32 Å². The van der Waals surface area contributed by atoms with Gasteiger partial charge in [-0.25, -0.2) is 4.99 Å². The fourth-order valence-corrected chi connectivity index (χ4v) is 1.43. The number of rotatable bonds is 1. The molecule has 1 atom stereocenters. The highest BCUT2D eigenvalue weighted by Crippen LogP contribution is 2.16. The normalized spacial score (nSPS) is 20.1. The van der Waals surface area contributed by atoms with Crippen LogP contribution in [-0.4, -0.2) is 18.7 Å². The molecule has 3 nitrogen and oxygen atoms in total. The number of nitrogens with zero attached hydrogens (tertiary/aromatic N) is 1. The van der Waals surface area contributed by atoms with E-state index in [4.69, 9.17) is 16.3 Å². The third-order valence-electron chi connectivity index (χ3n) is 1.88. The van der Waals surface area contributed by atoms with Crippen LogP contribution >= 0.6 is 11.6 Å². The molecule has 0 fully saturated rings. The number of hydrogen-bond donors (Lipinski definition) is 1. The quantitative estimate of drug-likeness (QED) is 0.773. The van der Waals surface area contributed by atoms with Gasteiger partial charge in [0.1, 0.15) is 6.10 Å². The van der Waals surface area contributed by atoms with Crippen LogP contribution in [0.15, 0.2) is 29.3 Å². The molecule has 1 aliphatic heterocycles. The van der Waals surface area contributed by atoms with Crippen molar-refractivity contribution in [2.24, 2.45) is 4.99 Å². The number of ether oxygens (including phenoxy) is 1. The average Bonchev–Trinajstić information content (AvgIpc) is 2.51. The van der Waals surface area contributed by atoms with Crippen molar-refractivity contribution in [2.45, 2.75) is 13.0 Å². The van der Waals surface area contributed by atoms with Crippen LogP contribution in [0.25, 0.3) is 0 Å². The van der Waals surface area contributed by atoms with Gasteiger partial charge in [0.15, 0.2) is 0 Å². The number of aliphatic imine (C=N–C) groups is 1. The molecule has 0 aliphatic carbocycles. The van der Waals surface area contributed by atoms with Crippen molar-refractivity contribution in [3.05, 3.63) is 29.3 Å². The van der Waals surface area contributed by atoms with Crippen molar-refractivity contribution in [3.63, 3.8) is 0 Å². The van der Waals surface area contributed by atoms with E-state index in [1.165, 1.54) is 0 Å². The maximum atomic E-state index is 5.84. The Balaban J connectivity index is 2.04. The molecule has 0 aromatic heterocycles. The average molecular weight is 211 g/mol. The molecule has 4 heteroatoms. The summed E-state index contributed by atoms with van der Waals surface area (Å²) in [4.78, 5) is 4.18. The first kappa shape index (κ1) is 9.34. The maximum Gasteiger partial charge on any atom is 0.289 e. The lowest BCUT2D eigenvalue weighted by atomic mass is 10.3. The minimum atomic E-state index is 0.164. The summed E-state index contributed by atoms with van der Waals surface area (Å²) in [5, 5.41) is 3.75. The Labute approximate surface area is 87.7 Å². The SMILES string of the molecule is C[C@@H]1CN=C(Nc2cccc(Cl)c2)O1. The molecule has 1 N–H and O–H groups in total. The molecule has 14 heavy (non-hydrogen) atoms. The standard InChI is InChI=1S/C10H11ClN2O/c1-7-6-12-10(14-7)13-9-4-2-3-8(11)5-9/h2-5,7H,6H2,1H3,(H,12,13)/t7-/m1/s1. The molecule has 0 unspecified atom stereocenters. The Hall–Kier alpha value is -1.22. The van der Waals surface area contributed by atoms with Gasteiger partial charge in [-0.1, -0.05) is 17.7 Å². The molecule has 74 valence electrons. The van der Waals surface area contributed by atoms with Crippen molar-refractivity contribution >= 4 is 23.3 Å². The zero-order valence-corrected chi connectivity index (χ0v) is 8.58. The molecule has 1 aromatic rings. The predicted octanol–water partition coefficient (Wildman–Crippen LogP) is 2.53. The fraction of sp³-hybridized carbons (Fsp3) is 0.300. The summed E-state index contributed by atoms with van der Waals surface area (Å²) in [5.74, 6) is 0. The van der Waals surface area contributed by atoms with Gasteiger partial charge in [0, 0.05) is 10.7 Å². The van der Waals surface area contributed by atoms with Crippen molar-refractivity contribution < 1.29 is 4.74 Å². The van der Waals surface area contributed by atoms with Crippen LogP contribution in [0.3, 0.4) is 0 Å². The second-order valence-corrected chi connectivity index (χ2v) is 3.65. The van der Waals surface area contributed by atoms with Crippen LogP contribution in [0, 0.1) is 0 Å². The number of amidine groups is 1. The smallest absolute Gasteiger partial charge is 0.289 e. The minimum Gasteiger partial charge on any atom is -0.460 e. The Kier molecular flexibility index (Phi) is 2.59. The first-order valence-corrected chi connectivity index (χ1v) is 4.85. The molecule has 0 spiro atoms. The van der Waals surface area contributed by atoms with E-state index in [2.05, 4.69) is 10.3 Å². The summed E-state index contributed by atoms with van der Waals surface area (Å²) < 4.78 is 5.40. The van der Waals surface area contributed by atoms with Crippen LogP contribution in [0.1, 0.15) is 6.92 Å². The van der Waals surface area contributed by atoms with Crippen molar-refractivity contribution in [2.75, 3.05) is 11.9 Å². The molecule has 0 saturated heterocycles. The maximum absolute atomic E-state index is 5.84. The second kappa shape index (κ2) is 3.88. The van der Waals surface area contributed by atoms with Gasteiger partial charge in [0.2, 0.25) is 0 Å². The van der Waals surface area contributed by atoms with Gasteiger partial charge in [-0.05, 0) is 25.1 Å². The molecule has 0 amide bonds. The topological polar surface area (TPSA) is 33.6 Å². The van der Waals surface area contributed by atoms with Gasteiger partial charge in [-0.2, -0.15) is 0 Å². The zero-order valence-electron chi connectivity index (χ0n) is 7.83. The lowest BCUT2D eigenvalue weighted by Gasteiger charge is -2.07. The Morgan fingerprint density at radius 3 is 3.07 bits per heavy atom.